The van der Waals surface area contributed by atoms with Gasteiger partial charge in [-0.1, -0.05) is 17.0 Å². The lowest BCUT2D eigenvalue weighted by atomic mass is 10.3. The molecule has 0 aliphatic rings. The minimum Gasteiger partial charge on any atom is -0.291 e. The summed E-state index contributed by atoms with van der Waals surface area (Å²) in [7, 11) is 1.84. The molecule has 0 aliphatic carbocycles. The molecule has 0 bridgehead atoms. The topological polar surface area (TPSA) is 47.8 Å². The Hall–Kier alpha value is -1.36. The number of nitrogens with zero attached hydrogens (tertiary/aromatic N) is 3. The van der Waals surface area contributed by atoms with E-state index in [1.54, 1.807) is 4.68 Å². The van der Waals surface area contributed by atoms with E-state index in [2.05, 4.69) is 10.3 Å². The molecule has 0 spiro atoms. The van der Waals surface area contributed by atoms with Gasteiger partial charge < -0.3 is 0 Å². The van der Waals surface area contributed by atoms with Crippen molar-refractivity contribution in [2.24, 2.45) is 7.05 Å². The van der Waals surface area contributed by atoms with Crippen molar-refractivity contribution in [2.45, 2.75) is 4.90 Å². The number of benzene rings is 1. The number of rotatable bonds is 2. The Labute approximate surface area is 78.9 Å². The van der Waals surface area contributed by atoms with Crippen LogP contribution in [0, 0.1) is 0 Å². The first kappa shape index (κ1) is 8.25. The Morgan fingerprint density at radius 1 is 1.54 bits per heavy atom. The molecule has 0 N–H and O–H groups in total. The van der Waals surface area contributed by atoms with Crippen molar-refractivity contribution in [3.05, 3.63) is 18.2 Å². The molecule has 2 rings (SSSR count). The van der Waals surface area contributed by atoms with Gasteiger partial charge in [0.1, 0.15) is 5.52 Å². The Morgan fingerprint density at radius 3 is 3.15 bits per heavy atom. The van der Waals surface area contributed by atoms with E-state index in [-0.39, 0.29) is 0 Å². The zero-order valence-corrected chi connectivity index (χ0v) is 7.78. The third-order valence-electron chi connectivity index (χ3n) is 1.77. The third kappa shape index (κ3) is 1.42. The molecule has 0 saturated heterocycles. The summed E-state index contributed by atoms with van der Waals surface area (Å²) < 4.78 is 1.70. The van der Waals surface area contributed by atoms with Gasteiger partial charge in [-0.3, -0.25) is 4.79 Å². The lowest BCUT2D eigenvalue weighted by molar-refractivity contribution is 0.570. The number of aryl methyl sites for hydroxylation is 1. The Kier molecular flexibility index (Phi) is 2.02. The highest BCUT2D eigenvalue weighted by Gasteiger charge is 2.01. The van der Waals surface area contributed by atoms with Gasteiger partial charge in [-0.15, -0.1) is 5.10 Å². The van der Waals surface area contributed by atoms with Gasteiger partial charge in [0.05, 0.1) is 5.52 Å². The van der Waals surface area contributed by atoms with Crippen LogP contribution in [-0.4, -0.2) is 20.6 Å². The molecule has 66 valence electrons. The number of hydrogen-bond acceptors (Lipinski definition) is 4. The number of hydrogen-bond donors (Lipinski definition) is 0. The van der Waals surface area contributed by atoms with E-state index in [0.717, 1.165) is 33.3 Å². The quantitative estimate of drug-likeness (QED) is 0.532. The fourth-order valence-corrected chi connectivity index (χ4v) is 1.59. The molecule has 0 saturated carbocycles. The molecule has 1 heterocycles. The zero-order chi connectivity index (χ0) is 9.26. The van der Waals surface area contributed by atoms with E-state index in [0.29, 0.717) is 0 Å². The van der Waals surface area contributed by atoms with Crippen LogP contribution in [0.25, 0.3) is 11.0 Å². The highest BCUT2D eigenvalue weighted by molar-refractivity contribution is 8.11. The normalized spacial score (nSPS) is 10.5. The van der Waals surface area contributed by atoms with Crippen LogP contribution >= 0.6 is 11.8 Å². The fourth-order valence-electron chi connectivity index (χ4n) is 1.15. The number of carbonyl (C=O) groups excluding carboxylic acids is 1. The average Bonchev–Trinajstić information content (AvgIpc) is 2.48. The van der Waals surface area contributed by atoms with Gasteiger partial charge >= 0.3 is 0 Å². The first-order valence-corrected chi connectivity index (χ1v) is 4.59. The van der Waals surface area contributed by atoms with Crippen molar-refractivity contribution in [3.63, 3.8) is 0 Å². The van der Waals surface area contributed by atoms with Gasteiger partial charge in [-0.2, -0.15) is 0 Å². The fraction of sp³-hybridized carbons (Fsp3) is 0.125. The maximum absolute atomic E-state index is 10.2. The molecule has 0 atom stereocenters. The van der Waals surface area contributed by atoms with Gasteiger partial charge in [-0.25, -0.2) is 4.68 Å². The number of thioether (sulfide) groups is 1. The van der Waals surface area contributed by atoms with E-state index in [1.165, 1.54) is 0 Å². The maximum Gasteiger partial charge on any atom is 0.180 e. The van der Waals surface area contributed by atoms with Gasteiger partial charge in [0.15, 0.2) is 5.62 Å². The van der Waals surface area contributed by atoms with E-state index in [4.69, 9.17) is 0 Å². The molecule has 1 aromatic heterocycles. The van der Waals surface area contributed by atoms with Crippen molar-refractivity contribution in [3.8, 4) is 0 Å². The lowest BCUT2D eigenvalue weighted by Crippen LogP contribution is -1.88. The van der Waals surface area contributed by atoms with E-state index < -0.39 is 0 Å². The summed E-state index contributed by atoms with van der Waals surface area (Å²) in [6, 6.07) is 5.63. The predicted molar refractivity (Wildman–Crippen MR) is 51.1 cm³/mol. The molecular weight excluding hydrogens is 186 g/mol. The first-order chi connectivity index (χ1) is 6.31. The summed E-state index contributed by atoms with van der Waals surface area (Å²) in [6.45, 7) is 0. The standard InChI is InChI=1S/C8H7N3OS/c1-11-8-3-2-6(13-5-12)4-7(8)9-10-11/h2-5H,1H3. The molecule has 4 nitrogen and oxygen atoms in total. The molecule has 0 unspecified atom stereocenters. The molecule has 0 fully saturated rings. The van der Waals surface area contributed by atoms with Crippen molar-refractivity contribution < 1.29 is 4.79 Å². The van der Waals surface area contributed by atoms with Gasteiger partial charge in [0.25, 0.3) is 0 Å². The molecule has 0 aliphatic heterocycles. The van der Waals surface area contributed by atoms with Crippen molar-refractivity contribution in [1.29, 1.82) is 0 Å². The number of fused-ring (bicyclic) bond motifs is 1. The van der Waals surface area contributed by atoms with Crippen LogP contribution in [0.1, 0.15) is 0 Å². The smallest absolute Gasteiger partial charge is 0.180 e. The van der Waals surface area contributed by atoms with Gasteiger partial charge in [0, 0.05) is 11.9 Å². The molecule has 0 amide bonds. The largest absolute Gasteiger partial charge is 0.291 e. The molecule has 0 radical (unpaired) electrons. The molecule has 5 heteroatoms. The van der Waals surface area contributed by atoms with Crippen molar-refractivity contribution in [1.82, 2.24) is 15.0 Å². The SMILES string of the molecule is Cn1nnc2cc(SC=O)ccc21. The van der Waals surface area contributed by atoms with Crippen LogP contribution in [0.5, 0.6) is 0 Å². The predicted octanol–water partition coefficient (Wildman–Crippen LogP) is 1.25. The van der Waals surface area contributed by atoms with Crippen LogP contribution in [0.15, 0.2) is 23.1 Å². The summed E-state index contributed by atoms with van der Waals surface area (Å²) >= 11 is 1.14. The third-order valence-corrected chi connectivity index (χ3v) is 2.39. The molecular formula is C8H7N3OS. The minimum atomic E-state index is 0.803. The average molecular weight is 193 g/mol. The second-order valence-electron chi connectivity index (χ2n) is 2.58. The second-order valence-corrected chi connectivity index (χ2v) is 3.48. The van der Waals surface area contributed by atoms with Crippen LogP contribution in [0.3, 0.4) is 0 Å². The number of carbonyl (C=O) groups is 1. The van der Waals surface area contributed by atoms with Crippen LogP contribution in [0.4, 0.5) is 0 Å². The summed E-state index contributed by atoms with van der Waals surface area (Å²) in [6.07, 6.45) is 0. The number of aromatic nitrogens is 3. The summed E-state index contributed by atoms with van der Waals surface area (Å²) in [5.41, 5.74) is 2.59. The Bertz CT molecular complexity index is 452. The summed E-state index contributed by atoms with van der Waals surface area (Å²) in [4.78, 5) is 11.1. The Morgan fingerprint density at radius 2 is 2.38 bits per heavy atom. The van der Waals surface area contributed by atoms with E-state index in [1.807, 2.05) is 25.2 Å². The van der Waals surface area contributed by atoms with Crippen molar-refractivity contribution >= 4 is 28.4 Å². The Balaban J connectivity index is 2.56. The van der Waals surface area contributed by atoms with E-state index >= 15 is 0 Å². The molecule has 2 aromatic rings. The molecule has 1 aromatic carbocycles. The highest BCUT2D eigenvalue weighted by atomic mass is 32.2. The summed E-state index contributed by atoms with van der Waals surface area (Å²) in [5.74, 6) is 0. The first-order valence-electron chi connectivity index (χ1n) is 3.71. The van der Waals surface area contributed by atoms with Crippen LogP contribution in [0.2, 0.25) is 0 Å². The maximum atomic E-state index is 10.2. The monoisotopic (exact) mass is 193 g/mol. The molecule has 13 heavy (non-hydrogen) atoms. The lowest BCUT2D eigenvalue weighted by Gasteiger charge is -1.94. The van der Waals surface area contributed by atoms with Gasteiger partial charge in [-0.05, 0) is 18.2 Å². The highest BCUT2D eigenvalue weighted by Crippen LogP contribution is 2.19. The van der Waals surface area contributed by atoms with Gasteiger partial charge in [0.2, 0.25) is 0 Å². The summed E-state index contributed by atoms with van der Waals surface area (Å²) in [5, 5.41) is 7.81. The van der Waals surface area contributed by atoms with Crippen molar-refractivity contribution in [2.75, 3.05) is 0 Å². The van der Waals surface area contributed by atoms with E-state index in [9.17, 15) is 4.79 Å². The van der Waals surface area contributed by atoms with Crippen LogP contribution in [-0.2, 0) is 11.8 Å². The minimum absolute atomic E-state index is 0.803. The second kappa shape index (κ2) is 3.18. The van der Waals surface area contributed by atoms with Crippen LogP contribution < -0.4 is 0 Å². The zero-order valence-electron chi connectivity index (χ0n) is 6.97.